The zero-order valence-electron chi connectivity index (χ0n) is 14.6. The summed E-state index contributed by atoms with van der Waals surface area (Å²) in [5, 5.41) is 15.3. The van der Waals surface area contributed by atoms with Crippen LogP contribution in [-0.2, 0) is 23.8 Å². The fraction of sp³-hybridized carbons (Fsp3) is 0.235. The van der Waals surface area contributed by atoms with E-state index in [4.69, 9.17) is 14.2 Å². The summed E-state index contributed by atoms with van der Waals surface area (Å²) in [5.41, 5.74) is 0.971. The maximum Gasteiger partial charge on any atom is 0.377 e. The Morgan fingerprint density at radius 3 is 2.93 bits per heavy atom. The van der Waals surface area contributed by atoms with E-state index in [2.05, 4.69) is 10.3 Å². The Hall–Kier alpha value is -3.47. The molecule has 2 heterocycles. The minimum atomic E-state index is -1.09. The molecule has 1 amide bonds. The molecule has 0 aliphatic carbocycles. The Balaban J connectivity index is 1.62. The van der Waals surface area contributed by atoms with Gasteiger partial charge in [-0.25, -0.2) is 9.78 Å². The number of nitro groups is 1. The molecule has 2 aromatic rings. The average Bonchev–Trinajstić information content (AvgIpc) is 3.17. The number of benzene rings is 1. The number of carbonyl (C=O) groups excluding carboxylic acids is 2. The van der Waals surface area contributed by atoms with Gasteiger partial charge in [0, 0.05) is 23.1 Å². The molecule has 1 unspecified atom stereocenters. The highest BCUT2D eigenvalue weighted by Gasteiger charge is 2.24. The number of esters is 1. The van der Waals surface area contributed by atoms with E-state index in [1.54, 1.807) is 17.5 Å². The number of aromatic nitrogens is 1. The first kappa shape index (κ1) is 19.3. The van der Waals surface area contributed by atoms with Gasteiger partial charge in [0.25, 0.3) is 11.6 Å². The van der Waals surface area contributed by atoms with Gasteiger partial charge >= 0.3 is 5.97 Å². The molecule has 0 fully saturated rings. The summed E-state index contributed by atoms with van der Waals surface area (Å²) < 4.78 is 15.1. The van der Waals surface area contributed by atoms with Crippen molar-refractivity contribution in [2.45, 2.75) is 13.0 Å². The molecule has 0 radical (unpaired) electrons. The van der Waals surface area contributed by atoms with E-state index in [1.807, 2.05) is 0 Å². The quantitative estimate of drug-likeness (QED) is 0.441. The molecule has 10 nitrogen and oxygen atoms in total. The number of ether oxygens (including phenoxy) is 3. The van der Waals surface area contributed by atoms with Crippen LogP contribution in [0, 0.1) is 10.1 Å². The van der Waals surface area contributed by atoms with E-state index in [0.29, 0.717) is 17.9 Å². The Kier molecular flexibility index (Phi) is 5.84. The van der Waals surface area contributed by atoms with Gasteiger partial charge in [-0.1, -0.05) is 12.1 Å². The largest absolute Gasteiger partial charge is 0.493 e. The summed E-state index contributed by atoms with van der Waals surface area (Å²) in [7, 11) is 0. The number of non-ortho nitro benzene ring substituents is 1. The molecule has 11 heteroatoms. The average molecular weight is 405 g/mol. The van der Waals surface area contributed by atoms with E-state index < -0.39 is 22.9 Å². The first-order chi connectivity index (χ1) is 13.4. The van der Waals surface area contributed by atoms with E-state index in [0.717, 1.165) is 17.6 Å². The predicted octanol–water partition coefficient (Wildman–Crippen LogP) is 2.48. The summed E-state index contributed by atoms with van der Waals surface area (Å²) >= 11 is 1.14. The van der Waals surface area contributed by atoms with Gasteiger partial charge in [-0.05, 0) is 6.92 Å². The number of carbonyl (C=O) groups is 2. The normalized spacial score (nSPS) is 14.1. The SMILES string of the molecule is CC(OC(=O)C1=COCCO1)C(=O)Nc1nc(-c2cccc([N+](=O)[O-])c2)cs1. The van der Waals surface area contributed by atoms with Gasteiger partial charge in [0.15, 0.2) is 11.2 Å². The number of hydrogen-bond donors (Lipinski definition) is 1. The van der Waals surface area contributed by atoms with Gasteiger partial charge in [0.05, 0.1) is 10.6 Å². The lowest BCUT2D eigenvalue weighted by atomic mass is 10.1. The number of nitrogens with zero attached hydrogens (tertiary/aromatic N) is 2. The number of thiazole rings is 1. The maximum atomic E-state index is 12.2. The van der Waals surface area contributed by atoms with Crippen LogP contribution in [0.1, 0.15) is 6.92 Å². The summed E-state index contributed by atoms with van der Waals surface area (Å²) in [6.07, 6.45) is 0.0480. The first-order valence-corrected chi connectivity index (χ1v) is 8.99. The predicted molar refractivity (Wildman–Crippen MR) is 98.4 cm³/mol. The van der Waals surface area contributed by atoms with Crippen molar-refractivity contribution < 1.29 is 28.7 Å². The number of rotatable bonds is 6. The van der Waals surface area contributed by atoms with Crippen molar-refractivity contribution in [1.82, 2.24) is 4.98 Å². The topological polar surface area (TPSA) is 130 Å². The lowest BCUT2D eigenvalue weighted by Gasteiger charge is -2.17. The molecular formula is C17H15N3O7S. The van der Waals surface area contributed by atoms with Crippen LogP contribution < -0.4 is 5.32 Å². The lowest BCUT2D eigenvalue weighted by molar-refractivity contribution is -0.384. The minimum Gasteiger partial charge on any atom is -0.493 e. The smallest absolute Gasteiger partial charge is 0.377 e. The molecule has 1 aromatic carbocycles. The second kappa shape index (κ2) is 8.48. The van der Waals surface area contributed by atoms with Gasteiger partial charge in [0.1, 0.15) is 19.5 Å². The minimum absolute atomic E-state index is 0.0557. The van der Waals surface area contributed by atoms with Gasteiger partial charge in [-0.15, -0.1) is 11.3 Å². The molecule has 0 saturated carbocycles. The van der Waals surface area contributed by atoms with Crippen LogP contribution in [0.4, 0.5) is 10.8 Å². The van der Waals surface area contributed by atoms with Gasteiger partial charge in [-0.2, -0.15) is 0 Å². The monoisotopic (exact) mass is 405 g/mol. The molecule has 0 spiro atoms. The number of hydrogen-bond acceptors (Lipinski definition) is 9. The van der Waals surface area contributed by atoms with Crippen molar-refractivity contribution in [2.75, 3.05) is 18.5 Å². The van der Waals surface area contributed by atoms with Crippen molar-refractivity contribution in [2.24, 2.45) is 0 Å². The molecule has 1 aliphatic heterocycles. The van der Waals surface area contributed by atoms with E-state index in [1.165, 1.54) is 19.1 Å². The number of anilines is 1. The van der Waals surface area contributed by atoms with Crippen LogP contribution in [0.25, 0.3) is 11.3 Å². The summed E-state index contributed by atoms with van der Waals surface area (Å²) in [6, 6.07) is 6.01. The van der Waals surface area contributed by atoms with Crippen LogP contribution >= 0.6 is 11.3 Å². The molecule has 1 atom stereocenters. The Bertz CT molecular complexity index is 940. The molecule has 3 rings (SSSR count). The second-order valence-corrected chi connectivity index (χ2v) is 6.44. The van der Waals surface area contributed by atoms with Crippen LogP contribution in [0.15, 0.2) is 41.7 Å². The van der Waals surface area contributed by atoms with Crippen LogP contribution in [0.2, 0.25) is 0 Å². The highest BCUT2D eigenvalue weighted by Crippen LogP contribution is 2.27. The zero-order chi connectivity index (χ0) is 20.1. The molecule has 146 valence electrons. The van der Waals surface area contributed by atoms with Crippen LogP contribution in [0.3, 0.4) is 0 Å². The summed E-state index contributed by atoms with van der Waals surface area (Å²) in [5.74, 6) is -1.49. The van der Waals surface area contributed by atoms with E-state index in [-0.39, 0.29) is 23.2 Å². The summed E-state index contributed by atoms with van der Waals surface area (Å²) in [6.45, 7) is 1.97. The molecular weight excluding hydrogens is 390 g/mol. The molecule has 0 saturated heterocycles. The van der Waals surface area contributed by atoms with Crippen LogP contribution in [0.5, 0.6) is 0 Å². The third-order valence-electron chi connectivity index (χ3n) is 3.59. The number of amides is 1. The molecule has 28 heavy (non-hydrogen) atoms. The molecule has 1 aliphatic rings. The fourth-order valence-corrected chi connectivity index (χ4v) is 2.92. The lowest BCUT2D eigenvalue weighted by Crippen LogP contribution is -2.31. The third kappa shape index (κ3) is 4.62. The Labute approximate surface area is 162 Å². The van der Waals surface area contributed by atoms with E-state index in [9.17, 15) is 19.7 Å². The zero-order valence-corrected chi connectivity index (χ0v) is 15.4. The number of nitrogens with one attached hydrogen (secondary N) is 1. The maximum absolute atomic E-state index is 12.2. The fourth-order valence-electron chi connectivity index (χ4n) is 2.20. The van der Waals surface area contributed by atoms with Crippen molar-refractivity contribution >= 4 is 34.0 Å². The third-order valence-corrected chi connectivity index (χ3v) is 4.35. The molecule has 0 bridgehead atoms. The van der Waals surface area contributed by atoms with E-state index >= 15 is 0 Å². The number of nitro benzene ring substituents is 1. The summed E-state index contributed by atoms with van der Waals surface area (Å²) in [4.78, 5) is 38.7. The van der Waals surface area contributed by atoms with Crippen molar-refractivity contribution in [3.63, 3.8) is 0 Å². The van der Waals surface area contributed by atoms with Crippen molar-refractivity contribution in [3.8, 4) is 11.3 Å². The van der Waals surface area contributed by atoms with Gasteiger partial charge in [-0.3, -0.25) is 20.2 Å². The Morgan fingerprint density at radius 2 is 2.21 bits per heavy atom. The highest BCUT2D eigenvalue weighted by molar-refractivity contribution is 7.14. The van der Waals surface area contributed by atoms with Crippen LogP contribution in [-0.4, -0.2) is 41.1 Å². The second-order valence-electron chi connectivity index (χ2n) is 5.58. The first-order valence-electron chi connectivity index (χ1n) is 8.11. The Morgan fingerprint density at radius 1 is 1.39 bits per heavy atom. The van der Waals surface area contributed by atoms with Crippen molar-refractivity contribution in [3.05, 3.63) is 51.8 Å². The van der Waals surface area contributed by atoms with Crippen molar-refractivity contribution in [1.29, 1.82) is 0 Å². The highest BCUT2D eigenvalue weighted by atomic mass is 32.1. The van der Waals surface area contributed by atoms with Gasteiger partial charge in [0.2, 0.25) is 5.76 Å². The van der Waals surface area contributed by atoms with Gasteiger partial charge < -0.3 is 14.2 Å². The standard InChI is InChI=1S/C17H15N3O7S/c1-10(27-16(22)14-8-25-5-6-26-14)15(21)19-17-18-13(9-28-17)11-3-2-4-12(7-11)20(23)24/h2-4,7-10H,5-6H2,1H3,(H,18,19,21). The molecule has 1 aromatic heterocycles. The molecule has 1 N–H and O–H groups in total.